The first-order chi connectivity index (χ1) is 16.9. The summed E-state index contributed by atoms with van der Waals surface area (Å²) in [4.78, 5) is 36.0. The van der Waals surface area contributed by atoms with Crippen LogP contribution in [0, 0.1) is 0 Å². The van der Waals surface area contributed by atoms with E-state index in [-0.39, 0.29) is 24.8 Å². The highest BCUT2D eigenvalue weighted by Crippen LogP contribution is 2.44. The molecule has 2 unspecified atom stereocenters. The third kappa shape index (κ3) is 5.20. The molecule has 2 amide bonds. The lowest BCUT2D eigenvalue weighted by Gasteiger charge is -2.19. The molecule has 2 aromatic carbocycles. The van der Waals surface area contributed by atoms with Crippen molar-refractivity contribution in [1.29, 1.82) is 0 Å². The molecule has 1 aliphatic rings. The van der Waals surface area contributed by atoms with Gasteiger partial charge in [0.25, 0.3) is 5.91 Å². The summed E-state index contributed by atoms with van der Waals surface area (Å²) in [6.07, 6.45) is -1.35. The maximum atomic E-state index is 12.3. The zero-order valence-corrected chi connectivity index (χ0v) is 19.3. The van der Waals surface area contributed by atoms with Crippen LogP contribution in [-0.4, -0.2) is 48.9 Å². The van der Waals surface area contributed by atoms with E-state index < -0.39 is 30.1 Å². The van der Waals surface area contributed by atoms with Crippen molar-refractivity contribution in [3.05, 3.63) is 83.3 Å². The van der Waals surface area contributed by atoms with Crippen molar-refractivity contribution >= 4 is 18.0 Å². The Kier molecular flexibility index (Phi) is 7.17. The topological polar surface area (TPSA) is 127 Å². The van der Waals surface area contributed by atoms with Crippen molar-refractivity contribution < 1.29 is 33.4 Å². The molecule has 1 aliphatic carbocycles. The minimum Gasteiger partial charge on any atom is -0.480 e. The fourth-order valence-corrected chi connectivity index (χ4v) is 4.13. The number of hydrogen-bond acceptors (Lipinski definition) is 6. The SMILES string of the molecule is COC(C)C(NC(=O)c1ccc(CNC(=O)OCC2c3ccccc3-c3ccccc32)o1)C(=O)O. The number of nitrogens with one attached hydrogen (secondary N) is 2. The summed E-state index contributed by atoms with van der Waals surface area (Å²) in [6.45, 7) is 1.71. The molecule has 0 fully saturated rings. The molecule has 35 heavy (non-hydrogen) atoms. The molecule has 0 bridgehead atoms. The Morgan fingerprint density at radius 2 is 1.63 bits per heavy atom. The number of hydrogen-bond donors (Lipinski definition) is 3. The third-order valence-electron chi connectivity index (χ3n) is 6.03. The van der Waals surface area contributed by atoms with Crippen LogP contribution in [0.5, 0.6) is 0 Å². The predicted octanol–water partition coefficient (Wildman–Crippen LogP) is 3.54. The molecule has 1 aromatic heterocycles. The number of methoxy groups -OCH3 is 1. The summed E-state index contributed by atoms with van der Waals surface area (Å²) in [6, 6.07) is 17.8. The number of amides is 2. The summed E-state index contributed by atoms with van der Waals surface area (Å²) < 4.78 is 15.9. The average molecular weight is 479 g/mol. The lowest BCUT2D eigenvalue weighted by atomic mass is 9.98. The number of aliphatic carboxylic acids is 1. The Balaban J connectivity index is 1.31. The number of alkyl carbamates (subject to hydrolysis) is 1. The molecule has 2 atom stereocenters. The number of carbonyl (C=O) groups excluding carboxylic acids is 2. The van der Waals surface area contributed by atoms with Crippen LogP contribution in [0.25, 0.3) is 11.1 Å². The molecule has 1 heterocycles. The van der Waals surface area contributed by atoms with E-state index >= 15 is 0 Å². The van der Waals surface area contributed by atoms with Crippen LogP contribution >= 0.6 is 0 Å². The average Bonchev–Trinajstić information content (AvgIpc) is 3.47. The Bertz CT molecular complexity index is 1190. The molecule has 182 valence electrons. The molecule has 0 saturated heterocycles. The van der Waals surface area contributed by atoms with Gasteiger partial charge in [-0.05, 0) is 41.3 Å². The summed E-state index contributed by atoms with van der Waals surface area (Å²) >= 11 is 0. The van der Waals surface area contributed by atoms with Gasteiger partial charge in [0.1, 0.15) is 12.4 Å². The highest BCUT2D eigenvalue weighted by Gasteiger charge is 2.29. The first-order valence-electron chi connectivity index (χ1n) is 11.1. The third-order valence-corrected chi connectivity index (χ3v) is 6.03. The van der Waals surface area contributed by atoms with E-state index in [1.165, 1.54) is 26.2 Å². The first kappa shape index (κ1) is 24.0. The fraction of sp³-hybridized carbons (Fsp3) is 0.269. The lowest BCUT2D eigenvalue weighted by Crippen LogP contribution is -2.48. The van der Waals surface area contributed by atoms with Gasteiger partial charge in [0.05, 0.1) is 12.6 Å². The van der Waals surface area contributed by atoms with Crippen molar-refractivity contribution in [1.82, 2.24) is 10.6 Å². The number of ether oxygens (including phenoxy) is 2. The molecule has 0 spiro atoms. The largest absolute Gasteiger partial charge is 0.480 e. The van der Waals surface area contributed by atoms with Gasteiger partial charge in [-0.2, -0.15) is 0 Å². The van der Waals surface area contributed by atoms with E-state index in [9.17, 15) is 19.5 Å². The molecule has 9 heteroatoms. The van der Waals surface area contributed by atoms with Crippen LogP contribution in [0.3, 0.4) is 0 Å². The van der Waals surface area contributed by atoms with Gasteiger partial charge in [0.2, 0.25) is 0 Å². The van der Waals surface area contributed by atoms with Crippen LogP contribution in [0.2, 0.25) is 0 Å². The van der Waals surface area contributed by atoms with E-state index in [2.05, 4.69) is 22.8 Å². The summed E-state index contributed by atoms with van der Waals surface area (Å²) in [5.74, 6) is -1.74. The van der Waals surface area contributed by atoms with Crippen molar-refractivity contribution in [3.8, 4) is 11.1 Å². The number of furan rings is 1. The molecule has 3 N–H and O–H groups in total. The van der Waals surface area contributed by atoms with Crippen molar-refractivity contribution in [2.24, 2.45) is 0 Å². The molecule has 0 saturated carbocycles. The van der Waals surface area contributed by atoms with Gasteiger partial charge in [0.15, 0.2) is 11.8 Å². The molecular formula is C26H26N2O7. The van der Waals surface area contributed by atoms with Gasteiger partial charge in [-0.1, -0.05) is 48.5 Å². The monoisotopic (exact) mass is 478 g/mol. The highest BCUT2D eigenvalue weighted by atomic mass is 16.5. The Hall–Kier alpha value is -4.11. The van der Waals surface area contributed by atoms with Gasteiger partial charge in [-0.3, -0.25) is 4.79 Å². The second-order valence-corrected chi connectivity index (χ2v) is 8.18. The second kappa shape index (κ2) is 10.4. The van der Waals surface area contributed by atoms with Crippen LogP contribution < -0.4 is 10.6 Å². The highest BCUT2D eigenvalue weighted by molar-refractivity contribution is 5.94. The number of benzene rings is 2. The predicted molar refractivity (Wildman–Crippen MR) is 126 cm³/mol. The first-order valence-corrected chi connectivity index (χ1v) is 11.1. The quantitative estimate of drug-likeness (QED) is 0.429. The second-order valence-electron chi connectivity index (χ2n) is 8.18. The van der Waals surface area contributed by atoms with Crippen LogP contribution in [-0.2, 0) is 20.8 Å². The number of carboxylic acid groups (broad SMARTS) is 1. The molecule has 4 rings (SSSR count). The van der Waals surface area contributed by atoms with Crippen LogP contribution in [0.15, 0.2) is 65.1 Å². The van der Waals surface area contributed by atoms with Gasteiger partial charge in [-0.25, -0.2) is 9.59 Å². The van der Waals surface area contributed by atoms with Crippen molar-refractivity contribution in [2.75, 3.05) is 13.7 Å². The summed E-state index contributed by atoms with van der Waals surface area (Å²) in [5, 5.41) is 14.2. The number of carbonyl (C=O) groups is 3. The summed E-state index contributed by atoms with van der Waals surface area (Å²) in [7, 11) is 1.35. The van der Waals surface area contributed by atoms with Gasteiger partial charge in [0, 0.05) is 13.0 Å². The van der Waals surface area contributed by atoms with Gasteiger partial charge < -0.3 is 29.6 Å². The molecular weight excluding hydrogens is 452 g/mol. The summed E-state index contributed by atoms with van der Waals surface area (Å²) in [5.41, 5.74) is 4.52. The van der Waals surface area contributed by atoms with E-state index in [4.69, 9.17) is 13.9 Å². The van der Waals surface area contributed by atoms with E-state index in [0.717, 1.165) is 22.3 Å². The van der Waals surface area contributed by atoms with Crippen molar-refractivity contribution in [2.45, 2.75) is 31.5 Å². The molecule has 9 nitrogen and oxygen atoms in total. The maximum Gasteiger partial charge on any atom is 0.407 e. The minimum absolute atomic E-state index is 0.000781. The molecule has 0 aliphatic heterocycles. The zero-order chi connectivity index (χ0) is 24.9. The fourth-order valence-electron chi connectivity index (χ4n) is 4.13. The number of carboxylic acids is 1. The molecule has 3 aromatic rings. The Morgan fingerprint density at radius 3 is 2.23 bits per heavy atom. The lowest BCUT2D eigenvalue weighted by molar-refractivity contribution is -0.142. The number of fused-ring (bicyclic) bond motifs is 3. The standard InChI is InChI=1S/C26H26N2O7/c1-15(33-2)23(25(30)31)28-24(29)22-12-11-16(35-22)13-27-26(32)34-14-21-19-9-5-3-7-17(19)18-8-4-6-10-20(18)21/h3-12,15,21,23H,13-14H2,1-2H3,(H,27,32)(H,28,29)(H,30,31). The Morgan fingerprint density at radius 1 is 1.00 bits per heavy atom. The maximum absolute atomic E-state index is 12.3. The van der Waals surface area contributed by atoms with Gasteiger partial charge >= 0.3 is 12.1 Å². The van der Waals surface area contributed by atoms with E-state index in [0.29, 0.717) is 5.76 Å². The van der Waals surface area contributed by atoms with Gasteiger partial charge in [-0.15, -0.1) is 0 Å². The van der Waals surface area contributed by atoms with Crippen molar-refractivity contribution in [3.63, 3.8) is 0 Å². The molecule has 0 radical (unpaired) electrons. The Labute approximate surface area is 202 Å². The number of rotatable bonds is 9. The van der Waals surface area contributed by atoms with Crippen LogP contribution in [0.1, 0.15) is 40.3 Å². The van der Waals surface area contributed by atoms with Crippen LogP contribution in [0.4, 0.5) is 4.79 Å². The minimum atomic E-state index is -1.24. The zero-order valence-electron chi connectivity index (χ0n) is 19.3. The normalized spacial score (nSPS) is 13.9. The smallest absolute Gasteiger partial charge is 0.407 e. The van der Waals surface area contributed by atoms with E-state index in [1.807, 2.05) is 36.4 Å². The van der Waals surface area contributed by atoms with E-state index in [1.54, 1.807) is 0 Å².